The van der Waals surface area contributed by atoms with E-state index >= 15 is 0 Å². The number of hydroxylamine groups is 2. The minimum Gasteiger partial charge on any atom is -0.785 e. The summed E-state index contributed by atoms with van der Waals surface area (Å²) in [6.07, 6.45) is 10.1. The lowest BCUT2D eigenvalue weighted by Crippen LogP contribution is -2.44. The van der Waals surface area contributed by atoms with E-state index in [-0.39, 0.29) is 11.9 Å². The molecular weight excluding hydrogens is 240 g/mol. The molecule has 1 unspecified atom stereocenters. The van der Waals surface area contributed by atoms with Crippen molar-refractivity contribution in [3.63, 3.8) is 0 Å². The molecule has 2 fully saturated rings. The Hall–Kier alpha value is -0.610. The van der Waals surface area contributed by atoms with Crippen LogP contribution in [0.25, 0.3) is 0 Å². The smallest absolute Gasteiger partial charge is 0.219 e. The van der Waals surface area contributed by atoms with Gasteiger partial charge in [-0.05, 0) is 44.7 Å². The number of hydrogen-bond acceptors (Lipinski definition) is 3. The topological polar surface area (TPSA) is 46.6 Å². The Bertz CT molecular complexity index is 290. The summed E-state index contributed by atoms with van der Waals surface area (Å²) in [6.45, 7) is 3.11. The van der Waals surface area contributed by atoms with Gasteiger partial charge in [0.25, 0.3) is 0 Å². The summed E-state index contributed by atoms with van der Waals surface area (Å²) < 4.78 is 0. The van der Waals surface area contributed by atoms with Crippen LogP contribution in [0.5, 0.6) is 0 Å². The highest BCUT2D eigenvalue weighted by molar-refractivity contribution is 5.73. The summed E-state index contributed by atoms with van der Waals surface area (Å²) in [7, 11) is 0. The highest BCUT2D eigenvalue weighted by atomic mass is 16.5. The maximum atomic E-state index is 11.8. The summed E-state index contributed by atoms with van der Waals surface area (Å²) in [4.78, 5) is 13.9. The zero-order chi connectivity index (χ0) is 13.7. The van der Waals surface area contributed by atoms with Gasteiger partial charge in [-0.2, -0.15) is 0 Å². The molecule has 1 heterocycles. The lowest BCUT2D eigenvalue weighted by atomic mass is 9.93. The van der Waals surface area contributed by atoms with Crippen LogP contribution in [0.3, 0.4) is 0 Å². The van der Waals surface area contributed by atoms with Gasteiger partial charge in [0.1, 0.15) is 0 Å². The number of rotatable bonds is 4. The van der Waals surface area contributed by atoms with Crippen molar-refractivity contribution in [2.45, 2.75) is 76.8 Å². The SMILES string of the molecule is CC(=O)N(CCC1CCCCN1[O-])C1CCCCC1. The highest BCUT2D eigenvalue weighted by Gasteiger charge is 2.24. The van der Waals surface area contributed by atoms with E-state index in [9.17, 15) is 10.0 Å². The maximum absolute atomic E-state index is 11.8. The zero-order valence-electron chi connectivity index (χ0n) is 12.1. The van der Waals surface area contributed by atoms with Gasteiger partial charge in [-0.3, -0.25) is 4.79 Å². The van der Waals surface area contributed by atoms with Crippen LogP contribution < -0.4 is 0 Å². The standard InChI is InChI=1S/C15H27N2O2/c1-13(18)16(14-7-3-2-4-8-14)12-10-15-9-5-6-11-17(15)19/h14-15H,2-12H2,1H3/q-1. The first-order valence-corrected chi connectivity index (χ1v) is 7.89. The van der Waals surface area contributed by atoms with Crippen molar-refractivity contribution >= 4 is 5.91 Å². The Balaban J connectivity index is 1.84. The van der Waals surface area contributed by atoms with E-state index in [2.05, 4.69) is 0 Å². The van der Waals surface area contributed by atoms with Crippen LogP contribution in [0.1, 0.15) is 64.7 Å². The molecule has 0 N–H and O–H groups in total. The fraction of sp³-hybridized carbons (Fsp3) is 0.933. The van der Waals surface area contributed by atoms with E-state index in [1.807, 2.05) is 4.90 Å². The van der Waals surface area contributed by atoms with Crippen LogP contribution in [0.4, 0.5) is 0 Å². The summed E-state index contributed by atoms with van der Waals surface area (Å²) in [6, 6.07) is 0.564. The van der Waals surface area contributed by atoms with Gasteiger partial charge >= 0.3 is 0 Å². The average Bonchev–Trinajstić information content (AvgIpc) is 2.42. The molecular formula is C15H27N2O2-. The Morgan fingerprint density at radius 1 is 1.16 bits per heavy atom. The van der Waals surface area contributed by atoms with E-state index in [1.54, 1.807) is 6.92 Å². The Kier molecular flexibility index (Phi) is 5.64. The molecule has 1 saturated carbocycles. The Morgan fingerprint density at radius 3 is 2.47 bits per heavy atom. The molecule has 1 saturated heterocycles. The second kappa shape index (κ2) is 7.25. The van der Waals surface area contributed by atoms with Crippen LogP contribution in [0, 0.1) is 5.21 Å². The first-order chi connectivity index (χ1) is 9.18. The number of hydrogen-bond donors (Lipinski definition) is 0. The second-order valence-corrected chi connectivity index (χ2v) is 6.08. The number of amides is 1. The van der Waals surface area contributed by atoms with E-state index in [1.165, 1.54) is 24.3 Å². The fourth-order valence-electron chi connectivity index (χ4n) is 3.54. The number of nitrogens with zero attached hydrogens (tertiary/aromatic N) is 2. The molecule has 1 amide bonds. The Morgan fingerprint density at radius 2 is 1.84 bits per heavy atom. The molecule has 1 aliphatic carbocycles. The third kappa shape index (κ3) is 4.18. The van der Waals surface area contributed by atoms with Crippen LogP contribution in [-0.4, -0.2) is 41.0 Å². The highest BCUT2D eigenvalue weighted by Crippen LogP contribution is 2.24. The van der Waals surface area contributed by atoms with E-state index in [4.69, 9.17) is 0 Å². The molecule has 0 aromatic heterocycles. The van der Waals surface area contributed by atoms with Gasteiger partial charge in [0.2, 0.25) is 5.91 Å². The molecule has 110 valence electrons. The number of carbonyl (C=O) groups is 1. The molecule has 0 aromatic carbocycles. The monoisotopic (exact) mass is 267 g/mol. The van der Waals surface area contributed by atoms with Gasteiger partial charge in [-0.15, -0.1) is 0 Å². The van der Waals surface area contributed by atoms with Crippen LogP contribution in [0.15, 0.2) is 0 Å². The molecule has 2 rings (SSSR count). The molecule has 1 atom stereocenters. The van der Waals surface area contributed by atoms with Gasteiger partial charge in [0.15, 0.2) is 0 Å². The summed E-state index contributed by atoms with van der Waals surface area (Å²) in [5.74, 6) is 0.181. The van der Waals surface area contributed by atoms with Crippen LogP contribution in [0.2, 0.25) is 0 Å². The second-order valence-electron chi connectivity index (χ2n) is 6.08. The predicted molar refractivity (Wildman–Crippen MR) is 76.6 cm³/mol. The Labute approximate surface area is 116 Å². The molecule has 4 nitrogen and oxygen atoms in total. The van der Waals surface area contributed by atoms with Crippen molar-refractivity contribution < 1.29 is 4.79 Å². The predicted octanol–water partition coefficient (Wildman–Crippen LogP) is 2.91. The van der Waals surface area contributed by atoms with Gasteiger partial charge in [-0.1, -0.05) is 25.7 Å². The van der Waals surface area contributed by atoms with Crippen molar-refractivity contribution in [2.24, 2.45) is 0 Å². The molecule has 19 heavy (non-hydrogen) atoms. The first kappa shape index (κ1) is 14.8. The van der Waals surface area contributed by atoms with E-state index in [0.717, 1.165) is 45.1 Å². The van der Waals surface area contributed by atoms with E-state index < -0.39 is 0 Å². The van der Waals surface area contributed by atoms with Gasteiger partial charge in [0.05, 0.1) is 0 Å². The zero-order valence-corrected chi connectivity index (χ0v) is 12.1. The van der Waals surface area contributed by atoms with Gasteiger partial charge in [0, 0.05) is 19.5 Å². The fourth-order valence-corrected chi connectivity index (χ4v) is 3.54. The van der Waals surface area contributed by atoms with Crippen LogP contribution in [-0.2, 0) is 4.79 Å². The lowest BCUT2D eigenvalue weighted by Gasteiger charge is -2.42. The minimum atomic E-state index is 0.138. The molecule has 4 heteroatoms. The van der Waals surface area contributed by atoms with Crippen molar-refractivity contribution in [3.8, 4) is 0 Å². The molecule has 2 aliphatic rings. The summed E-state index contributed by atoms with van der Waals surface area (Å²) in [5, 5.41) is 13.0. The molecule has 0 spiro atoms. The van der Waals surface area contributed by atoms with Crippen molar-refractivity contribution in [1.82, 2.24) is 9.96 Å². The molecule has 1 aliphatic heterocycles. The largest absolute Gasteiger partial charge is 0.785 e. The maximum Gasteiger partial charge on any atom is 0.219 e. The van der Waals surface area contributed by atoms with Crippen molar-refractivity contribution in [1.29, 1.82) is 0 Å². The molecule has 0 bridgehead atoms. The average molecular weight is 267 g/mol. The number of piperidine rings is 1. The normalized spacial score (nSPS) is 26.3. The first-order valence-electron chi connectivity index (χ1n) is 7.89. The number of carbonyl (C=O) groups excluding carboxylic acids is 1. The third-order valence-corrected chi connectivity index (χ3v) is 4.70. The van der Waals surface area contributed by atoms with Gasteiger partial charge < -0.3 is 15.2 Å². The summed E-state index contributed by atoms with van der Waals surface area (Å²) in [5.41, 5.74) is 0. The summed E-state index contributed by atoms with van der Waals surface area (Å²) >= 11 is 0. The van der Waals surface area contributed by atoms with Crippen LogP contribution >= 0.6 is 0 Å². The van der Waals surface area contributed by atoms with Gasteiger partial charge in [-0.25, -0.2) is 0 Å². The van der Waals surface area contributed by atoms with Crippen molar-refractivity contribution in [2.75, 3.05) is 13.1 Å². The lowest BCUT2D eigenvalue weighted by molar-refractivity contribution is -0.132. The third-order valence-electron chi connectivity index (χ3n) is 4.70. The molecule has 0 radical (unpaired) electrons. The van der Waals surface area contributed by atoms with Crippen molar-refractivity contribution in [3.05, 3.63) is 5.21 Å². The molecule has 0 aromatic rings. The quantitative estimate of drug-likeness (QED) is 0.787. The minimum absolute atomic E-state index is 0.138. The van der Waals surface area contributed by atoms with E-state index in [0.29, 0.717) is 12.6 Å².